The Morgan fingerprint density at radius 2 is 2.10 bits per heavy atom. The molecule has 1 rings (SSSR count). The maximum atomic E-state index is 11.8. The number of ether oxygens (including phenoxy) is 1. The number of aryl methyl sites for hydroxylation is 2. The Morgan fingerprint density at radius 1 is 1.43 bits per heavy atom. The van der Waals surface area contributed by atoms with Crippen molar-refractivity contribution in [3.63, 3.8) is 0 Å². The van der Waals surface area contributed by atoms with E-state index in [1.165, 1.54) is 0 Å². The van der Waals surface area contributed by atoms with Crippen molar-refractivity contribution in [3.05, 3.63) is 11.4 Å². The lowest BCUT2D eigenvalue weighted by Gasteiger charge is -2.14. The second-order valence-corrected chi connectivity index (χ2v) is 5.01. The molecule has 118 valence electrons. The minimum atomic E-state index is -1.02. The van der Waals surface area contributed by atoms with Crippen molar-refractivity contribution in [3.8, 4) is 5.75 Å². The first-order valence-electron chi connectivity index (χ1n) is 7.02. The van der Waals surface area contributed by atoms with Gasteiger partial charge in [0, 0.05) is 7.05 Å². The maximum absolute atomic E-state index is 11.8. The van der Waals surface area contributed by atoms with Gasteiger partial charge in [0.2, 0.25) is 0 Å². The third-order valence-corrected chi connectivity index (χ3v) is 3.27. The number of carbonyl (C=O) groups is 2. The van der Waals surface area contributed by atoms with E-state index in [2.05, 4.69) is 10.4 Å². The fourth-order valence-corrected chi connectivity index (χ4v) is 2.00. The van der Waals surface area contributed by atoms with Crippen molar-refractivity contribution in [2.75, 3.05) is 6.61 Å². The fourth-order valence-electron chi connectivity index (χ4n) is 2.00. The Hall–Kier alpha value is -2.05. The van der Waals surface area contributed by atoms with Crippen molar-refractivity contribution >= 4 is 11.9 Å². The van der Waals surface area contributed by atoms with Crippen molar-refractivity contribution in [1.29, 1.82) is 0 Å². The van der Waals surface area contributed by atoms with Gasteiger partial charge in [-0.15, -0.1) is 0 Å². The molecule has 0 aromatic carbocycles. The molecule has 0 bridgehead atoms. The largest absolute Gasteiger partial charge is 0.480 e. The molecule has 7 nitrogen and oxygen atoms in total. The molecular formula is C14H23N3O4. The van der Waals surface area contributed by atoms with Gasteiger partial charge in [-0.3, -0.25) is 9.48 Å². The number of aromatic nitrogens is 2. The third kappa shape index (κ3) is 4.77. The van der Waals surface area contributed by atoms with Crippen LogP contribution in [0.2, 0.25) is 0 Å². The van der Waals surface area contributed by atoms with Crippen molar-refractivity contribution in [1.82, 2.24) is 15.1 Å². The monoisotopic (exact) mass is 297 g/mol. The highest BCUT2D eigenvalue weighted by molar-refractivity contribution is 5.84. The summed E-state index contributed by atoms with van der Waals surface area (Å²) in [6.45, 7) is 5.39. The molecule has 1 heterocycles. The summed E-state index contributed by atoms with van der Waals surface area (Å²) in [6.07, 6.45) is 2.05. The minimum absolute atomic E-state index is 0.219. The summed E-state index contributed by atoms with van der Waals surface area (Å²) < 4.78 is 7.12. The smallest absolute Gasteiger partial charge is 0.326 e. The number of hydrogen-bond donors (Lipinski definition) is 2. The first-order chi connectivity index (χ1) is 9.86. The van der Waals surface area contributed by atoms with E-state index < -0.39 is 17.9 Å². The summed E-state index contributed by atoms with van der Waals surface area (Å²) in [5.74, 6) is -0.903. The zero-order valence-electron chi connectivity index (χ0n) is 13.0. The van der Waals surface area contributed by atoms with Crippen LogP contribution in [-0.2, 0) is 16.6 Å². The first-order valence-corrected chi connectivity index (χ1v) is 7.02. The van der Waals surface area contributed by atoms with Gasteiger partial charge >= 0.3 is 5.97 Å². The van der Waals surface area contributed by atoms with Crippen molar-refractivity contribution in [2.45, 2.75) is 46.1 Å². The predicted molar refractivity (Wildman–Crippen MR) is 77.3 cm³/mol. The summed E-state index contributed by atoms with van der Waals surface area (Å²) in [5, 5.41) is 15.7. The highest BCUT2D eigenvalue weighted by atomic mass is 16.5. The molecule has 1 aromatic heterocycles. The second-order valence-electron chi connectivity index (χ2n) is 5.01. The minimum Gasteiger partial charge on any atom is -0.480 e. The van der Waals surface area contributed by atoms with Crippen LogP contribution in [0.1, 0.15) is 37.6 Å². The number of nitrogens with zero attached hydrogens (tertiary/aromatic N) is 2. The topological polar surface area (TPSA) is 93.5 Å². The predicted octanol–water partition coefficient (Wildman–Crippen LogP) is 1.18. The van der Waals surface area contributed by atoms with Crippen LogP contribution in [0.3, 0.4) is 0 Å². The number of aliphatic carboxylic acids is 1. The van der Waals surface area contributed by atoms with Crippen LogP contribution in [0, 0.1) is 13.8 Å². The molecule has 0 spiro atoms. The van der Waals surface area contributed by atoms with E-state index in [0.29, 0.717) is 17.9 Å². The van der Waals surface area contributed by atoms with E-state index in [9.17, 15) is 9.59 Å². The number of nitrogens with one attached hydrogen (secondary N) is 1. The molecule has 0 aliphatic carbocycles. The first kappa shape index (κ1) is 17.0. The van der Waals surface area contributed by atoms with Crippen LogP contribution in [0.5, 0.6) is 5.75 Å². The zero-order chi connectivity index (χ0) is 16.0. The fraction of sp³-hybridized carbons (Fsp3) is 0.643. The Bertz CT molecular complexity index is 511. The summed E-state index contributed by atoms with van der Waals surface area (Å²) in [6, 6.07) is -0.864. The number of amides is 1. The number of carboxylic acid groups (broad SMARTS) is 1. The van der Waals surface area contributed by atoms with Gasteiger partial charge in [-0.25, -0.2) is 4.79 Å². The van der Waals surface area contributed by atoms with Gasteiger partial charge in [-0.1, -0.05) is 19.8 Å². The molecular weight excluding hydrogens is 274 g/mol. The molecule has 0 fully saturated rings. The lowest BCUT2D eigenvalue weighted by molar-refractivity contribution is -0.142. The standard InChI is InChI=1S/C14H23N3O4/c1-5-6-7-11(14(19)20)15-12(18)8-21-13-9(2)16-17(4)10(13)3/h11H,5-8H2,1-4H3,(H,15,18)(H,19,20). The molecule has 7 heteroatoms. The summed E-state index contributed by atoms with van der Waals surface area (Å²) in [4.78, 5) is 22.9. The average Bonchev–Trinajstić information content (AvgIpc) is 2.66. The van der Waals surface area contributed by atoms with E-state index in [1.807, 2.05) is 13.8 Å². The number of carboxylic acids is 1. The maximum Gasteiger partial charge on any atom is 0.326 e. The highest BCUT2D eigenvalue weighted by Crippen LogP contribution is 2.21. The van der Waals surface area contributed by atoms with E-state index in [0.717, 1.165) is 18.5 Å². The van der Waals surface area contributed by atoms with E-state index in [-0.39, 0.29) is 6.61 Å². The van der Waals surface area contributed by atoms with Gasteiger partial charge in [0.15, 0.2) is 12.4 Å². The highest BCUT2D eigenvalue weighted by Gasteiger charge is 2.20. The molecule has 21 heavy (non-hydrogen) atoms. The van der Waals surface area contributed by atoms with E-state index >= 15 is 0 Å². The van der Waals surface area contributed by atoms with Crippen LogP contribution >= 0.6 is 0 Å². The summed E-state index contributed by atoms with van der Waals surface area (Å²) in [5.41, 5.74) is 1.52. The lowest BCUT2D eigenvalue weighted by atomic mass is 10.1. The van der Waals surface area contributed by atoms with Crippen LogP contribution in [-0.4, -0.2) is 39.4 Å². The molecule has 0 aliphatic heterocycles. The third-order valence-electron chi connectivity index (χ3n) is 3.27. The van der Waals surface area contributed by atoms with Gasteiger partial charge in [0.25, 0.3) is 5.91 Å². The molecule has 1 atom stereocenters. The molecule has 1 amide bonds. The molecule has 0 radical (unpaired) electrons. The Morgan fingerprint density at radius 3 is 2.57 bits per heavy atom. The van der Waals surface area contributed by atoms with Gasteiger partial charge in [0.1, 0.15) is 11.7 Å². The number of rotatable bonds is 8. The zero-order valence-corrected chi connectivity index (χ0v) is 13.0. The second kappa shape index (κ2) is 7.66. The molecule has 0 aliphatic rings. The molecule has 1 aromatic rings. The molecule has 0 saturated carbocycles. The van der Waals surface area contributed by atoms with Crippen LogP contribution in [0.15, 0.2) is 0 Å². The Labute approximate surface area is 124 Å². The summed E-state index contributed by atoms with van der Waals surface area (Å²) >= 11 is 0. The van der Waals surface area contributed by atoms with Gasteiger partial charge in [0.05, 0.1) is 5.69 Å². The number of hydrogen-bond acceptors (Lipinski definition) is 4. The Balaban J connectivity index is 2.54. The number of unbranched alkanes of at least 4 members (excludes halogenated alkanes) is 1. The van der Waals surface area contributed by atoms with E-state index in [1.54, 1.807) is 18.7 Å². The quantitative estimate of drug-likeness (QED) is 0.751. The van der Waals surface area contributed by atoms with Gasteiger partial charge in [-0.05, 0) is 20.3 Å². The van der Waals surface area contributed by atoms with Crippen LogP contribution in [0.4, 0.5) is 0 Å². The molecule has 1 unspecified atom stereocenters. The SMILES string of the molecule is CCCCC(NC(=O)COc1c(C)nn(C)c1C)C(=O)O. The number of carbonyl (C=O) groups excluding carboxylic acids is 1. The summed E-state index contributed by atoms with van der Waals surface area (Å²) in [7, 11) is 1.79. The molecule has 0 saturated heterocycles. The van der Waals surface area contributed by atoms with E-state index in [4.69, 9.17) is 9.84 Å². The van der Waals surface area contributed by atoms with Crippen molar-refractivity contribution in [2.24, 2.45) is 7.05 Å². The van der Waals surface area contributed by atoms with Crippen LogP contribution in [0.25, 0.3) is 0 Å². The molecule has 2 N–H and O–H groups in total. The average molecular weight is 297 g/mol. The van der Waals surface area contributed by atoms with Crippen molar-refractivity contribution < 1.29 is 19.4 Å². The lowest BCUT2D eigenvalue weighted by Crippen LogP contribution is -2.42. The van der Waals surface area contributed by atoms with Gasteiger partial charge < -0.3 is 15.2 Å². The van der Waals surface area contributed by atoms with Gasteiger partial charge in [-0.2, -0.15) is 5.10 Å². The Kier molecular flexibility index (Phi) is 6.20. The normalized spacial score (nSPS) is 12.0. The van der Waals surface area contributed by atoms with Crippen LogP contribution < -0.4 is 10.1 Å².